The van der Waals surface area contributed by atoms with E-state index in [-0.39, 0.29) is 5.41 Å². The van der Waals surface area contributed by atoms with Crippen molar-refractivity contribution in [3.05, 3.63) is 18.1 Å². The van der Waals surface area contributed by atoms with Crippen molar-refractivity contribution in [3.63, 3.8) is 0 Å². The molecule has 0 aromatic carbocycles. The highest BCUT2D eigenvalue weighted by Gasteiger charge is 2.13. The lowest BCUT2D eigenvalue weighted by Gasteiger charge is -2.18. The second-order valence-corrected chi connectivity index (χ2v) is 4.96. The van der Waals surface area contributed by atoms with Gasteiger partial charge in [-0.3, -0.25) is 0 Å². The van der Waals surface area contributed by atoms with Gasteiger partial charge in [-0.1, -0.05) is 20.8 Å². The molecule has 0 aliphatic rings. The van der Waals surface area contributed by atoms with Gasteiger partial charge < -0.3 is 4.90 Å². The fraction of sp³-hybridized carbons (Fsp3) is 0.636. The number of aromatic nitrogens is 2. The Morgan fingerprint density at radius 1 is 1.29 bits per heavy atom. The first-order valence-electron chi connectivity index (χ1n) is 4.88. The monoisotopic (exact) mass is 193 g/mol. The summed E-state index contributed by atoms with van der Waals surface area (Å²) in [5.41, 5.74) is 0.241. The Bertz CT molecular complexity index is 300. The zero-order valence-electron chi connectivity index (χ0n) is 9.70. The molecule has 0 atom stereocenters. The van der Waals surface area contributed by atoms with Crippen LogP contribution in [0, 0.1) is 5.41 Å². The summed E-state index contributed by atoms with van der Waals surface area (Å²) in [6, 6.07) is 1.92. The Kier molecular flexibility index (Phi) is 3.09. The number of anilines is 1. The van der Waals surface area contributed by atoms with E-state index in [1.165, 1.54) is 0 Å². The van der Waals surface area contributed by atoms with E-state index in [1.54, 1.807) is 0 Å². The van der Waals surface area contributed by atoms with Crippen LogP contribution >= 0.6 is 0 Å². The van der Waals surface area contributed by atoms with Crippen molar-refractivity contribution in [1.82, 2.24) is 9.97 Å². The highest BCUT2D eigenvalue weighted by molar-refractivity contribution is 5.34. The van der Waals surface area contributed by atoms with E-state index < -0.39 is 0 Å². The Balaban J connectivity index is 2.84. The van der Waals surface area contributed by atoms with E-state index in [4.69, 9.17) is 0 Å². The van der Waals surface area contributed by atoms with Crippen LogP contribution in [0.5, 0.6) is 0 Å². The van der Waals surface area contributed by atoms with Gasteiger partial charge in [0.1, 0.15) is 11.6 Å². The molecule has 0 spiro atoms. The predicted octanol–water partition coefficient (Wildman–Crippen LogP) is 2.13. The van der Waals surface area contributed by atoms with E-state index in [2.05, 4.69) is 30.7 Å². The van der Waals surface area contributed by atoms with E-state index in [0.29, 0.717) is 0 Å². The molecular weight excluding hydrogens is 174 g/mol. The molecule has 0 unspecified atom stereocenters. The summed E-state index contributed by atoms with van der Waals surface area (Å²) in [5.74, 6) is 1.89. The lowest BCUT2D eigenvalue weighted by atomic mass is 9.92. The second kappa shape index (κ2) is 3.95. The maximum atomic E-state index is 4.47. The highest BCUT2D eigenvalue weighted by Crippen LogP contribution is 2.19. The molecule has 0 saturated carbocycles. The van der Waals surface area contributed by atoms with Crippen molar-refractivity contribution in [2.24, 2.45) is 5.41 Å². The molecular formula is C11H19N3. The topological polar surface area (TPSA) is 29.0 Å². The van der Waals surface area contributed by atoms with Crippen LogP contribution in [-0.2, 0) is 6.42 Å². The molecule has 1 rings (SSSR count). The summed E-state index contributed by atoms with van der Waals surface area (Å²) >= 11 is 0. The van der Waals surface area contributed by atoms with Crippen molar-refractivity contribution in [2.45, 2.75) is 27.2 Å². The van der Waals surface area contributed by atoms with Gasteiger partial charge in [0, 0.05) is 26.7 Å². The number of nitrogens with zero attached hydrogens (tertiary/aromatic N) is 3. The van der Waals surface area contributed by atoms with Crippen LogP contribution in [0.25, 0.3) is 0 Å². The van der Waals surface area contributed by atoms with Gasteiger partial charge in [-0.15, -0.1) is 0 Å². The molecule has 3 heteroatoms. The van der Waals surface area contributed by atoms with Crippen molar-refractivity contribution >= 4 is 5.82 Å². The minimum absolute atomic E-state index is 0.241. The van der Waals surface area contributed by atoms with Gasteiger partial charge in [-0.25, -0.2) is 9.97 Å². The molecule has 3 nitrogen and oxygen atoms in total. The first-order chi connectivity index (χ1) is 6.38. The van der Waals surface area contributed by atoms with Gasteiger partial charge in [0.2, 0.25) is 0 Å². The third-order valence-corrected chi connectivity index (χ3v) is 1.84. The SMILES string of the molecule is CN(C)c1ccnc(CC(C)(C)C)n1. The van der Waals surface area contributed by atoms with Crippen LogP contribution in [-0.4, -0.2) is 24.1 Å². The van der Waals surface area contributed by atoms with Crippen molar-refractivity contribution in [3.8, 4) is 0 Å². The largest absolute Gasteiger partial charge is 0.363 e. The fourth-order valence-electron chi connectivity index (χ4n) is 1.20. The minimum Gasteiger partial charge on any atom is -0.363 e. The molecule has 0 aliphatic carbocycles. The van der Waals surface area contributed by atoms with Crippen molar-refractivity contribution in [2.75, 3.05) is 19.0 Å². The summed E-state index contributed by atoms with van der Waals surface area (Å²) in [4.78, 5) is 10.7. The molecule has 0 aliphatic heterocycles. The number of hydrogen-bond acceptors (Lipinski definition) is 3. The fourth-order valence-corrected chi connectivity index (χ4v) is 1.20. The van der Waals surface area contributed by atoms with Crippen LogP contribution in [0.15, 0.2) is 12.3 Å². The Morgan fingerprint density at radius 2 is 1.93 bits per heavy atom. The molecule has 0 radical (unpaired) electrons. The van der Waals surface area contributed by atoms with Gasteiger partial charge >= 0.3 is 0 Å². The average molecular weight is 193 g/mol. The molecule has 78 valence electrons. The summed E-state index contributed by atoms with van der Waals surface area (Å²) in [6.45, 7) is 6.58. The molecule has 0 saturated heterocycles. The van der Waals surface area contributed by atoms with Crippen molar-refractivity contribution < 1.29 is 0 Å². The molecule has 0 fully saturated rings. The smallest absolute Gasteiger partial charge is 0.131 e. The molecule has 1 aromatic rings. The average Bonchev–Trinajstić information content (AvgIpc) is 2.01. The summed E-state index contributed by atoms with van der Waals surface area (Å²) < 4.78 is 0. The number of rotatable bonds is 2. The third kappa shape index (κ3) is 3.32. The Morgan fingerprint density at radius 3 is 2.43 bits per heavy atom. The normalized spacial score (nSPS) is 11.5. The van der Waals surface area contributed by atoms with Crippen LogP contribution < -0.4 is 4.90 Å². The van der Waals surface area contributed by atoms with Gasteiger partial charge in [-0.05, 0) is 11.5 Å². The van der Waals surface area contributed by atoms with Crippen molar-refractivity contribution in [1.29, 1.82) is 0 Å². The highest BCUT2D eigenvalue weighted by atomic mass is 15.1. The molecule has 1 aromatic heterocycles. The van der Waals surface area contributed by atoms with Crippen LogP contribution in [0.3, 0.4) is 0 Å². The molecule has 1 heterocycles. The van der Waals surface area contributed by atoms with Gasteiger partial charge in [-0.2, -0.15) is 0 Å². The zero-order valence-corrected chi connectivity index (χ0v) is 9.70. The zero-order chi connectivity index (χ0) is 10.8. The lowest BCUT2D eigenvalue weighted by Crippen LogP contribution is -2.15. The van der Waals surface area contributed by atoms with E-state index >= 15 is 0 Å². The van der Waals surface area contributed by atoms with E-state index in [0.717, 1.165) is 18.1 Å². The van der Waals surface area contributed by atoms with Gasteiger partial charge in [0.25, 0.3) is 0 Å². The predicted molar refractivity (Wildman–Crippen MR) is 59.5 cm³/mol. The van der Waals surface area contributed by atoms with Gasteiger partial charge in [0.15, 0.2) is 0 Å². The number of hydrogen-bond donors (Lipinski definition) is 0. The first kappa shape index (κ1) is 11.0. The molecule has 14 heavy (non-hydrogen) atoms. The summed E-state index contributed by atoms with van der Waals surface area (Å²) in [7, 11) is 3.98. The van der Waals surface area contributed by atoms with E-state index in [1.807, 2.05) is 31.3 Å². The quantitative estimate of drug-likeness (QED) is 0.720. The Hall–Kier alpha value is -1.12. The van der Waals surface area contributed by atoms with Gasteiger partial charge in [0.05, 0.1) is 0 Å². The Labute approximate surface area is 86.2 Å². The van der Waals surface area contributed by atoms with Crippen LogP contribution in [0.4, 0.5) is 5.82 Å². The molecule has 0 amide bonds. The summed E-state index contributed by atoms with van der Waals surface area (Å²) in [6.07, 6.45) is 2.73. The van der Waals surface area contributed by atoms with E-state index in [9.17, 15) is 0 Å². The maximum absolute atomic E-state index is 4.47. The lowest BCUT2D eigenvalue weighted by molar-refractivity contribution is 0.400. The molecule has 0 bridgehead atoms. The molecule has 0 N–H and O–H groups in total. The maximum Gasteiger partial charge on any atom is 0.131 e. The minimum atomic E-state index is 0.241. The third-order valence-electron chi connectivity index (χ3n) is 1.84. The van der Waals surface area contributed by atoms with Crippen LogP contribution in [0.1, 0.15) is 26.6 Å². The second-order valence-electron chi connectivity index (χ2n) is 4.96. The first-order valence-corrected chi connectivity index (χ1v) is 4.88. The standard InChI is InChI=1S/C11H19N3/c1-11(2,3)8-9-12-7-6-10(13-9)14(4)5/h6-7H,8H2,1-5H3. The van der Waals surface area contributed by atoms with Crippen LogP contribution in [0.2, 0.25) is 0 Å². The summed E-state index contributed by atoms with van der Waals surface area (Å²) in [5, 5.41) is 0.